The number of nitrogens with zero attached hydrogens (tertiary/aromatic N) is 2. The highest BCUT2D eigenvalue weighted by molar-refractivity contribution is 6.45. The monoisotopic (exact) mass is 225 g/mol. The first-order valence-electron chi connectivity index (χ1n) is 2.71. The fourth-order valence-electron chi connectivity index (χ4n) is 0.580. The van der Waals surface area contributed by atoms with Crippen LogP contribution in [-0.4, -0.2) is 4.98 Å². The van der Waals surface area contributed by atoms with Crippen molar-refractivity contribution < 1.29 is 0 Å². The summed E-state index contributed by atoms with van der Waals surface area (Å²) in [6.45, 7) is 0. The Labute approximate surface area is 82.6 Å². The second-order valence-electron chi connectivity index (χ2n) is 1.86. The quantitative estimate of drug-likeness (QED) is 0.591. The van der Waals surface area contributed by atoms with E-state index < -0.39 is 0 Å². The number of hydrogen-bond donors (Lipinski definition) is 1. The minimum atomic E-state index is -0.261. The van der Waals surface area contributed by atoms with Crippen LogP contribution in [0.1, 0.15) is 0 Å². The van der Waals surface area contributed by atoms with E-state index in [1.165, 1.54) is 0 Å². The first-order valence-corrected chi connectivity index (χ1v) is 3.84. The van der Waals surface area contributed by atoms with Crippen LogP contribution in [0.4, 0.5) is 11.5 Å². The summed E-state index contributed by atoms with van der Waals surface area (Å²) in [6.07, 6.45) is 0. The number of aromatic nitrogens is 1. The van der Waals surface area contributed by atoms with Gasteiger partial charge < -0.3 is 5.73 Å². The first-order chi connectivity index (χ1) is 5.57. The molecule has 0 unspecified atom stereocenters. The van der Waals surface area contributed by atoms with Gasteiger partial charge in [0, 0.05) is 0 Å². The van der Waals surface area contributed by atoms with Gasteiger partial charge in [0.1, 0.15) is 10.0 Å². The molecule has 2 N–H and O–H groups in total. The minimum Gasteiger partial charge on any atom is -0.396 e. The topological polar surface area (TPSA) is 68.3 Å². The zero-order valence-electron chi connectivity index (χ0n) is 5.51. The molecule has 7 heteroatoms. The van der Waals surface area contributed by atoms with Crippen LogP contribution < -0.4 is 5.73 Å². The second kappa shape index (κ2) is 3.43. The molecule has 0 saturated heterocycles. The summed E-state index contributed by atoms with van der Waals surface area (Å²) < 4.78 is 0. The van der Waals surface area contributed by atoms with E-state index in [4.69, 9.17) is 40.5 Å². The minimum absolute atomic E-state index is 0.00735. The molecule has 0 radical (unpaired) electrons. The molecule has 0 spiro atoms. The predicted molar refractivity (Wildman–Crippen MR) is 49.1 cm³/mol. The van der Waals surface area contributed by atoms with E-state index in [0.717, 1.165) is 0 Å². The van der Waals surface area contributed by atoms with Crippen molar-refractivity contribution in [2.24, 2.45) is 5.18 Å². The number of halogens is 3. The van der Waals surface area contributed by atoms with E-state index in [2.05, 4.69) is 10.2 Å². The number of nitrogen functional groups attached to an aromatic ring is 1. The third-order valence-electron chi connectivity index (χ3n) is 1.14. The van der Waals surface area contributed by atoms with Crippen molar-refractivity contribution in [3.05, 3.63) is 20.1 Å². The standard InChI is InChI=1S/C5H2Cl3N3O/c6-1-3(9)2(7)5(11-12)10-4(1)8/h(H2,9,10). The average molecular weight is 226 g/mol. The van der Waals surface area contributed by atoms with Gasteiger partial charge in [-0.1, -0.05) is 34.8 Å². The maximum Gasteiger partial charge on any atom is 0.218 e. The van der Waals surface area contributed by atoms with Gasteiger partial charge >= 0.3 is 0 Å². The molecular formula is C5H2Cl3N3O. The van der Waals surface area contributed by atoms with Crippen molar-refractivity contribution in [3.63, 3.8) is 0 Å². The van der Waals surface area contributed by atoms with Crippen LogP contribution in [-0.2, 0) is 0 Å². The van der Waals surface area contributed by atoms with E-state index >= 15 is 0 Å². The lowest BCUT2D eigenvalue weighted by Gasteiger charge is -2.02. The fourth-order valence-corrected chi connectivity index (χ4v) is 1.12. The molecule has 1 rings (SSSR count). The van der Waals surface area contributed by atoms with Gasteiger partial charge in [-0.05, 0) is 5.18 Å². The Balaban J connectivity index is 3.49. The average Bonchev–Trinajstić information content (AvgIpc) is 2.08. The van der Waals surface area contributed by atoms with Crippen molar-refractivity contribution in [2.75, 3.05) is 5.73 Å². The lowest BCUT2D eigenvalue weighted by atomic mass is 10.4. The molecule has 1 aromatic heterocycles. The number of rotatable bonds is 1. The van der Waals surface area contributed by atoms with Crippen LogP contribution in [0.5, 0.6) is 0 Å². The molecule has 0 aromatic carbocycles. The molecule has 0 aliphatic rings. The van der Waals surface area contributed by atoms with Gasteiger partial charge in [-0.25, -0.2) is 4.98 Å². The van der Waals surface area contributed by atoms with Gasteiger partial charge in [-0.3, -0.25) is 0 Å². The highest BCUT2D eigenvalue weighted by atomic mass is 35.5. The zero-order valence-corrected chi connectivity index (χ0v) is 7.78. The summed E-state index contributed by atoms with van der Waals surface area (Å²) in [5.74, 6) is -0.261. The SMILES string of the molecule is Nc1c(Cl)c(Cl)nc(N=O)c1Cl. The summed E-state index contributed by atoms with van der Waals surface area (Å²) in [5.41, 5.74) is 5.38. The van der Waals surface area contributed by atoms with E-state index in [1.807, 2.05) is 0 Å². The summed E-state index contributed by atoms with van der Waals surface area (Å²) in [7, 11) is 0. The molecular weight excluding hydrogens is 224 g/mol. The third-order valence-corrected chi connectivity index (χ3v) is 2.27. The number of hydrogen-bond acceptors (Lipinski definition) is 4. The Hall–Kier alpha value is -0.580. The zero-order chi connectivity index (χ0) is 9.30. The fraction of sp³-hybridized carbons (Fsp3) is 0. The van der Waals surface area contributed by atoms with E-state index in [1.54, 1.807) is 0 Å². The van der Waals surface area contributed by atoms with Gasteiger partial charge in [0.25, 0.3) is 0 Å². The highest BCUT2D eigenvalue weighted by Crippen LogP contribution is 2.37. The molecule has 0 amide bonds. The van der Waals surface area contributed by atoms with E-state index in [9.17, 15) is 4.91 Å². The third kappa shape index (κ3) is 1.46. The number of anilines is 1. The van der Waals surface area contributed by atoms with Gasteiger partial charge in [-0.15, -0.1) is 4.91 Å². The Morgan fingerprint density at radius 2 is 1.83 bits per heavy atom. The second-order valence-corrected chi connectivity index (χ2v) is 2.97. The summed E-state index contributed by atoms with van der Waals surface area (Å²) in [5, 5.41) is 2.37. The molecule has 4 nitrogen and oxygen atoms in total. The van der Waals surface area contributed by atoms with Crippen molar-refractivity contribution in [2.45, 2.75) is 0 Å². The van der Waals surface area contributed by atoms with Crippen LogP contribution in [0.3, 0.4) is 0 Å². The van der Waals surface area contributed by atoms with E-state index in [-0.39, 0.29) is 26.7 Å². The first kappa shape index (κ1) is 9.51. The number of nitrogens with two attached hydrogens (primary N) is 1. The van der Waals surface area contributed by atoms with Crippen molar-refractivity contribution in [3.8, 4) is 0 Å². The summed E-state index contributed by atoms with van der Waals surface area (Å²) in [6, 6.07) is 0. The molecule has 1 aromatic rings. The maximum absolute atomic E-state index is 10.1. The Bertz CT molecular complexity index is 341. The van der Waals surface area contributed by atoms with Gasteiger partial charge in [0.15, 0.2) is 5.15 Å². The van der Waals surface area contributed by atoms with Gasteiger partial charge in [0.2, 0.25) is 5.82 Å². The largest absolute Gasteiger partial charge is 0.396 e. The molecule has 12 heavy (non-hydrogen) atoms. The van der Waals surface area contributed by atoms with Crippen molar-refractivity contribution in [1.82, 2.24) is 4.98 Å². The molecule has 0 bridgehead atoms. The summed E-state index contributed by atoms with van der Waals surface area (Å²) >= 11 is 16.6. The Kier molecular flexibility index (Phi) is 2.72. The molecule has 64 valence electrons. The summed E-state index contributed by atoms with van der Waals surface area (Å²) in [4.78, 5) is 13.6. The van der Waals surface area contributed by atoms with Crippen LogP contribution in [0.2, 0.25) is 15.2 Å². The predicted octanol–water partition coefficient (Wildman–Crippen LogP) is 3.02. The highest BCUT2D eigenvalue weighted by Gasteiger charge is 2.13. The van der Waals surface area contributed by atoms with Crippen molar-refractivity contribution >= 4 is 46.3 Å². The lowest BCUT2D eigenvalue weighted by Crippen LogP contribution is -1.91. The molecule has 0 aliphatic carbocycles. The normalized spacial score (nSPS) is 9.92. The van der Waals surface area contributed by atoms with Crippen LogP contribution in [0.15, 0.2) is 5.18 Å². The lowest BCUT2D eigenvalue weighted by molar-refractivity contribution is 1.27. The maximum atomic E-state index is 10.1. The van der Waals surface area contributed by atoms with Crippen LogP contribution in [0.25, 0.3) is 0 Å². The van der Waals surface area contributed by atoms with Crippen LogP contribution >= 0.6 is 34.8 Å². The molecule has 0 fully saturated rings. The van der Waals surface area contributed by atoms with Gasteiger partial charge in [0.05, 0.1) is 5.69 Å². The Morgan fingerprint density at radius 3 is 2.33 bits per heavy atom. The van der Waals surface area contributed by atoms with Gasteiger partial charge in [-0.2, -0.15) is 0 Å². The van der Waals surface area contributed by atoms with Crippen LogP contribution in [0, 0.1) is 4.91 Å². The molecule has 0 atom stereocenters. The Morgan fingerprint density at radius 1 is 1.25 bits per heavy atom. The molecule has 1 heterocycles. The smallest absolute Gasteiger partial charge is 0.218 e. The molecule has 0 aliphatic heterocycles. The van der Waals surface area contributed by atoms with E-state index in [0.29, 0.717) is 0 Å². The number of nitroso groups, excluding NO2 is 1. The van der Waals surface area contributed by atoms with Crippen molar-refractivity contribution in [1.29, 1.82) is 0 Å². The number of pyridine rings is 1. The molecule has 0 saturated carbocycles.